The molecule has 10 aromatic carbocycles. The van der Waals surface area contributed by atoms with Gasteiger partial charge in [0.1, 0.15) is 0 Å². The first kappa shape index (κ1) is 27.5. The normalized spacial score (nSPS) is 12.0. The van der Waals surface area contributed by atoms with Crippen molar-refractivity contribution in [1.29, 1.82) is 0 Å². The number of benzene rings is 10. The van der Waals surface area contributed by atoms with Crippen LogP contribution in [0.5, 0.6) is 0 Å². The minimum atomic E-state index is 1.23. The van der Waals surface area contributed by atoms with E-state index in [4.69, 9.17) is 0 Å². The molecule has 0 nitrogen and oxygen atoms in total. The van der Waals surface area contributed by atoms with E-state index >= 15 is 0 Å². The molecular weight excluding hydrogens is 601 g/mol. The van der Waals surface area contributed by atoms with Gasteiger partial charge in [-0.05, 0) is 116 Å². The van der Waals surface area contributed by atoms with Crippen molar-refractivity contribution in [3.63, 3.8) is 0 Å². The monoisotopic (exact) mass is 630 g/mol. The Kier molecular flexibility index (Phi) is 5.76. The molecule has 230 valence electrons. The summed E-state index contributed by atoms with van der Waals surface area (Å²) < 4.78 is 0. The average molecular weight is 631 g/mol. The molecule has 0 heterocycles. The molecule has 0 heteroatoms. The van der Waals surface area contributed by atoms with Gasteiger partial charge in [-0.1, -0.05) is 176 Å². The molecule has 0 spiro atoms. The van der Waals surface area contributed by atoms with Gasteiger partial charge in [-0.3, -0.25) is 0 Å². The van der Waals surface area contributed by atoms with Crippen LogP contribution in [-0.2, 0) is 0 Å². The molecule has 0 saturated heterocycles. The van der Waals surface area contributed by atoms with Crippen molar-refractivity contribution in [2.24, 2.45) is 0 Å². The van der Waals surface area contributed by atoms with Crippen LogP contribution in [0.15, 0.2) is 182 Å². The predicted molar refractivity (Wildman–Crippen MR) is 215 cm³/mol. The molecule has 0 radical (unpaired) electrons. The maximum absolute atomic E-state index is 2.37. The van der Waals surface area contributed by atoms with E-state index in [1.165, 1.54) is 109 Å². The van der Waals surface area contributed by atoms with E-state index in [2.05, 4.69) is 182 Å². The van der Waals surface area contributed by atoms with Gasteiger partial charge in [-0.15, -0.1) is 0 Å². The van der Waals surface area contributed by atoms with Crippen molar-refractivity contribution in [2.75, 3.05) is 0 Å². The summed E-state index contributed by atoms with van der Waals surface area (Å²) in [5.74, 6) is 0. The fourth-order valence-electron chi connectivity index (χ4n) is 8.87. The van der Waals surface area contributed by atoms with E-state index in [9.17, 15) is 0 Å². The lowest BCUT2D eigenvalue weighted by atomic mass is 9.82. The third kappa shape index (κ3) is 3.82. The molecule has 1 aliphatic rings. The largest absolute Gasteiger partial charge is 0.0622 e. The van der Waals surface area contributed by atoms with Gasteiger partial charge in [0.25, 0.3) is 0 Å². The van der Waals surface area contributed by atoms with Gasteiger partial charge in [0, 0.05) is 0 Å². The van der Waals surface area contributed by atoms with Crippen LogP contribution in [0.25, 0.3) is 109 Å². The molecule has 50 heavy (non-hydrogen) atoms. The molecular formula is C50H30. The Bertz CT molecular complexity index is 3000. The van der Waals surface area contributed by atoms with Crippen molar-refractivity contribution in [1.82, 2.24) is 0 Å². The highest BCUT2D eigenvalue weighted by atomic mass is 14.3. The molecule has 0 aliphatic heterocycles. The van der Waals surface area contributed by atoms with Crippen molar-refractivity contribution < 1.29 is 0 Å². The van der Waals surface area contributed by atoms with Crippen LogP contribution < -0.4 is 0 Å². The van der Waals surface area contributed by atoms with E-state index in [1.54, 1.807) is 0 Å². The summed E-state index contributed by atoms with van der Waals surface area (Å²) in [5.41, 5.74) is 13.0. The predicted octanol–water partition coefficient (Wildman–Crippen LogP) is 14.1. The fraction of sp³-hybridized carbons (Fsp3) is 0. The van der Waals surface area contributed by atoms with Crippen molar-refractivity contribution in [3.05, 3.63) is 182 Å². The highest BCUT2D eigenvalue weighted by Crippen LogP contribution is 2.57. The van der Waals surface area contributed by atoms with Gasteiger partial charge in [0.15, 0.2) is 0 Å². The number of hydrogen-bond acceptors (Lipinski definition) is 0. The highest BCUT2D eigenvalue weighted by Gasteiger charge is 2.30. The second-order valence-corrected chi connectivity index (χ2v) is 13.6. The number of hydrogen-bond donors (Lipinski definition) is 0. The molecule has 0 bridgehead atoms. The topological polar surface area (TPSA) is 0 Å². The zero-order valence-corrected chi connectivity index (χ0v) is 27.3. The van der Waals surface area contributed by atoms with E-state index in [0.29, 0.717) is 0 Å². The average Bonchev–Trinajstić information content (AvgIpc) is 3.51. The molecule has 1 aliphatic carbocycles. The minimum absolute atomic E-state index is 1.23. The molecule has 0 aromatic heterocycles. The van der Waals surface area contributed by atoms with Crippen molar-refractivity contribution in [2.45, 2.75) is 0 Å². The maximum Gasteiger partial charge on any atom is -0.000742 e. The van der Waals surface area contributed by atoms with Gasteiger partial charge in [-0.2, -0.15) is 0 Å². The maximum atomic E-state index is 2.37. The fourth-order valence-corrected chi connectivity index (χ4v) is 8.87. The van der Waals surface area contributed by atoms with Crippen LogP contribution in [0.3, 0.4) is 0 Å². The van der Waals surface area contributed by atoms with E-state index in [-0.39, 0.29) is 0 Å². The van der Waals surface area contributed by atoms with Crippen molar-refractivity contribution >= 4 is 53.9 Å². The van der Waals surface area contributed by atoms with E-state index in [1.807, 2.05) is 0 Å². The first-order chi connectivity index (χ1) is 24.8. The summed E-state index contributed by atoms with van der Waals surface area (Å²) in [4.78, 5) is 0. The zero-order chi connectivity index (χ0) is 32.8. The molecule has 11 rings (SSSR count). The lowest BCUT2D eigenvalue weighted by Crippen LogP contribution is -1.94. The lowest BCUT2D eigenvalue weighted by Gasteiger charge is -2.21. The second kappa shape index (κ2) is 10.5. The number of rotatable bonds is 3. The van der Waals surface area contributed by atoms with Gasteiger partial charge < -0.3 is 0 Å². The first-order valence-electron chi connectivity index (χ1n) is 17.4. The molecule has 0 atom stereocenters. The van der Waals surface area contributed by atoms with Crippen LogP contribution in [-0.4, -0.2) is 0 Å². The van der Waals surface area contributed by atoms with Crippen LogP contribution in [0.4, 0.5) is 0 Å². The van der Waals surface area contributed by atoms with E-state index < -0.39 is 0 Å². The SMILES string of the molecule is c1ccc(-c2c3c(c(-c4ccc(-c5c6ccccc6cc6c5ccc5ccccc56)cc4)c4ccccc24)-c2cccc4cccc-3c24)cc1. The Morgan fingerprint density at radius 1 is 0.220 bits per heavy atom. The molecule has 0 amide bonds. The Labute approximate surface area is 290 Å². The van der Waals surface area contributed by atoms with Crippen LogP contribution >= 0.6 is 0 Å². The highest BCUT2D eigenvalue weighted by molar-refractivity contribution is 6.27. The van der Waals surface area contributed by atoms with Gasteiger partial charge in [-0.25, -0.2) is 0 Å². The Hall–Kier alpha value is -6.50. The molecule has 0 unspecified atom stereocenters. The third-order valence-corrected chi connectivity index (χ3v) is 11.0. The van der Waals surface area contributed by atoms with Gasteiger partial charge in [0.05, 0.1) is 0 Å². The lowest BCUT2D eigenvalue weighted by molar-refractivity contribution is 1.62. The molecule has 0 N–H and O–H groups in total. The standard InChI is InChI=1S/C50H30/c1-2-13-33(14-3-1)47-39-20-8-9-21-40(39)48(50-43-23-11-17-32-16-10-22-42(46(32)43)49(47)50)35-26-24-34(25-27-35)45-38-19-7-5-15-36(38)30-44-37-18-6-4-12-31(37)28-29-41(44)45/h1-30H. The summed E-state index contributed by atoms with van der Waals surface area (Å²) in [7, 11) is 0. The number of fused-ring (bicyclic) bond motifs is 8. The third-order valence-electron chi connectivity index (χ3n) is 11.0. The van der Waals surface area contributed by atoms with Gasteiger partial charge >= 0.3 is 0 Å². The molecule has 10 aromatic rings. The zero-order valence-electron chi connectivity index (χ0n) is 27.3. The summed E-state index contributed by atoms with van der Waals surface area (Å²) >= 11 is 0. The summed E-state index contributed by atoms with van der Waals surface area (Å²) in [6, 6.07) is 67.5. The molecule has 0 saturated carbocycles. The smallest absolute Gasteiger partial charge is 0.000742 e. The summed E-state index contributed by atoms with van der Waals surface area (Å²) in [5, 5.41) is 12.9. The van der Waals surface area contributed by atoms with Crippen molar-refractivity contribution in [3.8, 4) is 55.6 Å². The second-order valence-electron chi connectivity index (χ2n) is 13.6. The minimum Gasteiger partial charge on any atom is -0.0622 e. The van der Waals surface area contributed by atoms with Gasteiger partial charge in [0.2, 0.25) is 0 Å². The Morgan fingerprint density at radius 2 is 0.700 bits per heavy atom. The summed E-state index contributed by atoms with van der Waals surface area (Å²) in [6.45, 7) is 0. The first-order valence-corrected chi connectivity index (χ1v) is 17.4. The Balaban J connectivity index is 1.21. The van der Waals surface area contributed by atoms with Crippen LogP contribution in [0.2, 0.25) is 0 Å². The van der Waals surface area contributed by atoms with Crippen LogP contribution in [0, 0.1) is 0 Å². The summed E-state index contributed by atoms with van der Waals surface area (Å²) in [6.07, 6.45) is 0. The van der Waals surface area contributed by atoms with Crippen LogP contribution in [0.1, 0.15) is 0 Å². The van der Waals surface area contributed by atoms with E-state index in [0.717, 1.165) is 0 Å². The quantitative estimate of drug-likeness (QED) is 0.135. The molecule has 0 fully saturated rings. The Morgan fingerprint density at radius 3 is 1.36 bits per heavy atom.